The smallest absolute Gasteiger partial charge is 0.316 e. The Bertz CT molecular complexity index is 777. The molecule has 0 saturated heterocycles. The van der Waals surface area contributed by atoms with Crippen LogP contribution in [0.1, 0.15) is 27.6 Å². The van der Waals surface area contributed by atoms with E-state index in [0.717, 1.165) is 12.1 Å². The lowest BCUT2D eigenvalue weighted by Gasteiger charge is -2.15. The minimum atomic E-state index is -0.284. The third-order valence-electron chi connectivity index (χ3n) is 3.42. The third-order valence-corrected chi connectivity index (χ3v) is 3.42. The average Bonchev–Trinajstić information content (AvgIpc) is 3.20. The first-order valence-electron chi connectivity index (χ1n) is 7.21. The first kappa shape index (κ1) is 15.0. The van der Waals surface area contributed by atoms with E-state index in [1.165, 1.54) is 5.56 Å². The van der Waals surface area contributed by atoms with Crippen LogP contribution in [0.4, 0.5) is 0 Å². The molecular formula is C16H17N5O2. The topological polar surface area (TPSA) is 77.0 Å². The first-order chi connectivity index (χ1) is 11.1. The van der Waals surface area contributed by atoms with Crippen molar-refractivity contribution in [1.29, 1.82) is 0 Å². The van der Waals surface area contributed by atoms with Gasteiger partial charge in [-0.2, -0.15) is 4.98 Å². The lowest BCUT2D eigenvalue weighted by molar-refractivity contribution is 0.0735. The summed E-state index contributed by atoms with van der Waals surface area (Å²) in [6.45, 7) is 2.93. The molecule has 0 unspecified atom stereocenters. The fourth-order valence-corrected chi connectivity index (χ4v) is 2.23. The van der Waals surface area contributed by atoms with E-state index in [2.05, 4.69) is 15.1 Å². The molecule has 0 bridgehead atoms. The summed E-state index contributed by atoms with van der Waals surface area (Å²) in [5.74, 6) is 0.181. The molecule has 0 N–H and O–H groups in total. The predicted molar refractivity (Wildman–Crippen MR) is 82.6 cm³/mol. The van der Waals surface area contributed by atoms with Crippen molar-refractivity contribution in [1.82, 2.24) is 24.6 Å². The maximum Gasteiger partial charge on any atom is 0.316 e. The van der Waals surface area contributed by atoms with Crippen LogP contribution in [0, 0.1) is 6.92 Å². The van der Waals surface area contributed by atoms with Crippen molar-refractivity contribution >= 4 is 5.91 Å². The molecule has 0 radical (unpaired) electrons. The van der Waals surface area contributed by atoms with Crippen LogP contribution in [0.25, 0.3) is 0 Å². The second-order valence-electron chi connectivity index (χ2n) is 5.36. The molecule has 23 heavy (non-hydrogen) atoms. The number of aromatic nitrogens is 4. The summed E-state index contributed by atoms with van der Waals surface area (Å²) in [5, 5.41) is 3.63. The van der Waals surface area contributed by atoms with E-state index >= 15 is 0 Å². The van der Waals surface area contributed by atoms with Crippen molar-refractivity contribution < 1.29 is 9.32 Å². The zero-order chi connectivity index (χ0) is 16.2. The zero-order valence-corrected chi connectivity index (χ0v) is 13.0. The largest absolute Gasteiger partial charge is 0.333 e. The van der Waals surface area contributed by atoms with E-state index in [1.807, 2.05) is 35.0 Å². The SMILES string of the molecule is Cc1noc(C(=O)N(C)Cc2ccc(Cn3ccnc3)cc2)n1. The van der Waals surface area contributed by atoms with Gasteiger partial charge in [0.2, 0.25) is 0 Å². The van der Waals surface area contributed by atoms with Gasteiger partial charge in [-0.25, -0.2) is 4.98 Å². The summed E-state index contributed by atoms with van der Waals surface area (Å²) in [6.07, 6.45) is 5.47. The van der Waals surface area contributed by atoms with E-state index in [1.54, 1.807) is 31.4 Å². The highest BCUT2D eigenvalue weighted by atomic mass is 16.5. The van der Waals surface area contributed by atoms with E-state index in [9.17, 15) is 4.79 Å². The van der Waals surface area contributed by atoms with Crippen LogP contribution in [-0.2, 0) is 13.1 Å². The Kier molecular flexibility index (Phi) is 4.18. The Labute approximate surface area is 133 Å². The number of nitrogens with zero attached hydrogens (tertiary/aromatic N) is 5. The Morgan fingerprint density at radius 2 is 2.00 bits per heavy atom. The van der Waals surface area contributed by atoms with Gasteiger partial charge in [-0.1, -0.05) is 29.4 Å². The molecule has 1 aromatic carbocycles. The molecule has 0 spiro atoms. The molecule has 0 atom stereocenters. The van der Waals surface area contributed by atoms with Crippen LogP contribution in [0.5, 0.6) is 0 Å². The molecule has 0 fully saturated rings. The Balaban J connectivity index is 1.62. The first-order valence-corrected chi connectivity index (χ1v) is 7.21. The van der Waals surface area contributed by atoms with E-state index in [4.69, 9.17) is 4.52 Å². The van der Waals surface area contributed by atoms with Gasteiger partial charge in [-0.15, -0.1) is 0 Å². The monoisotopic (exact) mass is 311 g/mol. The molecule has 0 aliphatic rings. The van der Waals surface area contributed by atoms with Crippen molar-refractivity contribution in [3.8, 4) is 0 Å². The summed E-state index contributed by atoms with van der Waals surface area (Å²) in [4.78, 5) is 21.7. The maximum absolute atomic E-state index is 12.2. The van der Waals surface area contributed by atoms with Crippen LogP contribution < -0.4 is 0 Å². The second kappa shape index (κ2) is 6.43. The molecule has 118 valence electrons. The molecule has 7 heteroatoms. The van der Waals surface area contributed by atoms with Crippen molar-refractivity contribution in [2.24, 2.45) is 0 Å². The molecule has 1 amide bonds. The fraction of sp³-hybridized carbons (Fsp3) is 0.250. The van der Waals surface area contributed by atoms with Crippen LogP contribution in [0.2, 0.25) is 0 Å². The van der Waals surface area contributed by atoms with E-state index in [-0.39, 0.29) is 11.8 Å². The number of carbonyl (C=O) groups is 1. The number of carbonyl (C=O) groups excluding carboxylic acids is 1. The number of benzene rings is 1. The molecule has 2 heterocycles. The van der Waals surface area contributed by atoms with Crippen molar-refractivity contribution in [2.45, 2.75) is 20.0 Å². The minimum Gasteiger partial charge on any atom is -0.333 e. The number of rotatable bonds is 5. The molecule has 2 aromatic heterocycles. The molecular weight excluding hydrogens is 294 g/mol. The van der Waals surface area contributed by atoms with Crippen LogP contribution >= 0.6 is 0 Å². The van der Waals surface area contributed by atoms with Gasteiger partial charge in [-0.05, 0) is 18.1 Å². The molecule has 7 nitrogen and oxygen atoms in total. The Morgan fingerprint density at radius 1 is 1.26 bits per heavy atom. The number of amides is 1. The molecule has 3 rings (SSSR count). The lowest BCUT2D eigenvalue weighted by Crippen LogP contribution is -2.26. The van der Waals surface area contributed by atoms with Crippen molar-refractivity contribution in [3.05, 3.63) is 65.8 Å². The molecule has 3 aromatic rings. The lowest BCUT2D eigenvalue weighted by atomic mass is 10.1. The van der Waals surface area contributed by atoms with Crippen molar-refractivity contribution in [2.75, 3.05) is 7.05 Å². The maximum atomic E-state index is 12.2. The number of imidazole rings is 1. The summed E-state index contributed by atoms with van der Waals surface area (Å²) < 4.78 is 6.90. The highest BCUT2D eigenvalue weighted by Crippen LogP contribution is 2.10. The van der Waals surface area contributed by atoms with Gasteiger partial charge in [0.05, 0.1) is 6.33 Å². The average molecular weight is 311 g/mol. The summed E-state index contributed by atoms with van der Waals surface area (Å²) >= 11 is 0. The normalized spacial score (nSPS) is 10.7. The fourth-order valence-electron chi connectivity index (χ4n) is 2.23. The molecule has 0 aliphatic heterocycles. The third kappa shape index (κ3) is 3.63. The Hall–Kier alpha value is -2.96. The van der Waals surface area contributed by atoms with Gasteiger partial charge in [-0.3, -0.25) is 4.79 Å². The summed E-state index contributed by atoms with van der Waals surface area (Å²) in [7, 11) is 1.71. The predicted octanol–water partition coefficient (Wildman–Crippen LogP) is 1.90. The number of hydrogen-bond donors (Lipinski definition) is 0. The number of aryl methyl sites for hydroxylation is 1. The van der Waals surface area contributed by atoms with Gasteiger partial charge >= 0.3 is 11.8 Å². The van der Waals surface area contributed by atoms with Crippen LogP contribution in [-0.4, -0.2) is 37.5 Å². The van der Waals surface area contributed by atoms with E-state index < -0.39 is 0 Å². The second-order valence-corrected chi connectivity index (χ2v) is 5.36. The minimum absolute atomic E-state index is 0.0155. The van der Waals surface area contributed by atoms with Gasteiger partial charge < -0.3 is 14.0 Å². The van der Waals surface area contributed by atoms with Gasteiger partial charge in [0.15, 0.2) is 5.82 Å². The molecule has 0 saturated carbocycles. The Morgan fingerprint density at radius 3 is 2.61 bits per heavy atom. The zero-order valence-electron chi connectivity index (χ0n) is 13.0. The van der Waals surface area contributed by atoms with Crippen molar-refractivity contribution in [3.63, 3.8) is 0 Å². The van der Waals surface area contributed by atoms with Crippen LogP contribution in [0.3, 0.4) is 0 Å². The standard InChI is InChI=1S/C16H17N5O2/c1-12-18-15(23-19-12)16(22)20(2)9-13-3-5-14(6-4-13)10-21-8-7-17-11-21/h3-8,11H,9-10H2,1-2H3. The number of hydrogen-bond acceptors (Lipinski definition) is 5. The van der Waals surface area contributed by atoms with Gasteiger partial charge in [0, 0.05) is 32.5 Å². The van der Waals surface area contributed by atoms with Gasteiger partial charge in [0.25, 0.3) is 0 Å². The van der Waals surface area contributed by atoms with E-state index in [0.29, 0.717) is 12.4 Å². The highest BCUT2D eigenvalue weighted by Gasteiger charge is 2.18. The highest BCUT2D eigenvalue weighted by molar-refractivity contribution is 5.89. The summed E-state index contributed by atoms with van der Waals surface area (Å²) in [6, 6.07) is 8.11. The van der Waals surface area contributed by atoms with Gasteiger partial charge in [0.1, 0.15) is 0 Å². The molecule has 0 aliphatic carbocycles. The quantitative estimate of drug-likeness (QED) is 0.719. The summed E-state index contributed by atoms with van der Waals surface area (Å²) in [5.41, 5.74) is 2.21. The van der Waals surface area contributed by atoms with Crippen LogP contribution in [0.15, 0.2) is 47.5 Å².